The number of fused-ring (bicyclic) bond motifs is 1. The number of aromatic carboxylic acids is 1. The maximum absolute atomic E-state index is 11.4. The first-order chi connectivity index (χ1) is 6.68. The standard InChI is InChI=1S/C10H6O4.Na.H/c11-7-5-9(10(12)13)14-8-4-2-1-3-6(7)8;;/h1-5H,(H,12,13);;. The molecule has 72 valence electrons. The summed E-state index contributed by atoms with van der Waals surface area (Å²) in [6, 6.07) is 7.50. The molecule has 1 aromatic heterocycles. The molecule has 5 heteroatoms. The Labute approximate surface area is 107 Å². The van der Waals surface area contributed by atoms with Gasteiger partial charge in [0.25, 0.3) is 0 Å². The Balaban J connectivity index is 0.00000112. The van der Waals surface area contributed by atoms with Gasteiger partial charge in [-0.1, -0.05) is 12.1 Å². The van der Waals surface area contributed by atoms with Crippen LogP contribution in [-0.4, -0.2) is 40.6 Å². The number of carboxylic acid groups (broad SMARTS) is 1. The zero-order valence-electron chi connectivity index (χ0n) is 7.06. The number of carbonyl (C=O) groups is 1. The minimum absolute atomic E-state index is 0. The zero-order valence-corrected chi connectivity index (χ0v) is 7.06. The quantitative estimate of drug-likeness (QED) is 0.714. The van der Waals surface area contributed by atoms with Gasteiger partial charge >= 0.3 is 35.5 Å². The van der Waals surface area contributed by atoms with E-state index in [9.17, 15) is 9.59 Å². The molecule has 0 aliphatic carbocycles. The fourth-order valence-corrected chi connectivity index (χ4v) is 1.21. The Morgan fingerprint density at radius 2 is 1.93 bits per heavy atom. The van der Waals surface area contributed by atoms with E-state index in [2.05, 4.69) is 0 Å². The molecule has 0 aliphatic rings. The molecule has 2 aromatic rings. The van der Waals surface area contributed by atoms with Crippen molar-refractivity contribution in [3.05, 3.63) is 46.3 Å². The van der Waals surface area contributed by atoms with Gasteiger partial charge in [-0.15, -0.1) is 0 Å². The van der Waals surface area contributed by atoms with E-state index in [4.69, 9.17) is 9.52 Å². The summed E-state index contributed by atoms with van der Waals surface area (Å²) in [6.07, 6.45) is 0. The maximum atomic E-state index is 11.4. The number of hydrogen-bond donors (Lipinski definition) is 1. The molecule has 0 radical (unpaired) electrons. The Hall–Kier alpha value is -1.10. The Bertz CT molecular complexity index is 559. The van der Waals surface area contributed by atoms with E-state index >= 15 is 0 Å². The van der Waals surface area contributed by atoms with Gasteiger partial charge in [-0.05, 0) is 12.1 Å². The van der Waals surface area contributed by atoms with Crippen molar-refractivity contribution in [2.45, 2.75) is 0 Å². The predicted octanol–water partition coefficient (Wildman–Crippen LogP) is 0.843. The molecule has 0 spiro atoms. The number of para-hydroxylation sites is 1. The van der Waals surface area contributed by atoms with Crippen molar-refractivity contribution in [2.75, 3.05) is 0 Å². The van der Waals surface area contributed by atoms with Crippen LogP contribution in [0.5, 0.6) is 0 Å². The summed E-state index contributed by atoms with van der Waals surface area (Å²) in [7, 11) is 0. The number of hydrogen-bond acceptors (Lipinski definition) is 3. The molecule has 1 heterocycles. The molecule has 2 rings (SSSR count). The number of rotatable bonds is 1. The van der Waals surface area contributed by atoms with Crippen molar-refractivity contribution in [1.29, 1.82) is 0 Å². The molecule has 1 aromatic carbocycles. The van der Waals surface area contributed by atoms with Gasteiger partial charge in [0, 0.05) is 6.07 Å². The van der Waals surface area contributed by atoms with Crippen LogP contribution in [0.4, 0.5) is 0 Å². The van der Waals surface area contributed by atoms with Gasteiger partial charge in [-0.25, -0.2) is 4.79 Å². The van der Waals surface area contributed by atoms with Crippen LogP contribution < -0.4 is 5.43 Å². The van der Waals surface area contributed by atoms with E-state index in [0.717, 1.165) is 6.07 Å². The zero-order chi connectivity index (χ0) is 10.1. The minimum atomic E-state index is -1.24. The molecule has 0 aliphatic heterocycles. The van der Waals surface area contributed by atoms with E-state index < -0.39 is 5.97 Å². The molecule has 0 unspecified atom stereocenters. The first-order valence-corrected chi connectivity index (χ1v) is 3.94. The molecule has 0 bridgehead atoms. The predicted molar refractivity (Wildman–Crippen MR) is 56.6 cm³/mol. The van der Waals surface area contributed by atoms with Crippen molar-refractivity contribution in [1.82, 2.24) is 0 Å². The van der Waals surface area contributed by atoms with E-state index in [0.29, 0.717) is 5.39 Å². The van der Waals surface area contributed by atoms with Crippen LogP contribution in [0.25, 0.3) is 11.0 Å². The second-order valence-corrected chi connectivity index (χ2v) is 2.78. The van der Waals surface area contributed by atoms with E-state index in [1.807, 2.05) is 0 Å². The topological polar surface area (TPSA) is 67.5 Å². The van der Waals surface area contributed by atoms with Crippen LogP contribution >= 0.6 is 0 Å². The first-order valence-electron chi connectivity index (χ1n) is 3.94. The Kier molecular flexibility index (Phi) is 3.68. The molecular weight excluding hydrogens is 207 g/mol. The Morgan fingerprint density at radius 1 is 1.27 bits per heavy atom. The summed E-state index contributed by atoms with van der Waals surface area (Å²) in [4.78, 5) is 21.9. The second kappa shape index (κ2) is 4.61. The third-order valence-corrected chi connectivity index (χ3v) is 1.85. The van der Waals surface area contributed by atoms with Gasteiger partial charge in [0.15, 0.2) is 5.43 Å². The molecule has 4 nitrogen and oxygen atoms in total. The van der Waals surface area contributed by atoms with Gasteiger partial charge in [-0.2, -0.15) is 0 Å². The SMILES string of the molecule is O=C(O)c1cc(=O)c2ccccc2o1.[NaH]. The van der Waals surface area contributed by atoms with E-state index in [1.54, 1.807) is 24.3 Å². The first kappa shape index (κ1) is 12.0. The van der Waals surface area contributed by atoms with Crippen molar-refractivity contribution >= 4 is 46.5 Å². The summed E-state index contributed by atoms with van der Waals surface area (Å²) in [5.41, 5.74) is -0.0540. The van der Waals surface area contributed by atoms with Crippen molar-refractivity contribution in [3.63, 3.8) is 0 Å². The van der Waals surface area contributed by atoms with Crippen molar-refractivity contribution in [3.8, 4) is 0 Å². The fourth-order valence-electron chi connectivity index (χ4n) is 1.21. The van der Waals surface area contributed by atoms with Gasteiger partial charge in [0.05, 0.1) is 5.39 Å². The molecular formula is C10H7NaO4. The molecule has 0 amide bonds. The van der Waals surface area contributed by atoms with E-state index in [1.165, 1.54) is 0 Å². The summed E-state index contributed by atoms with van der Waals surface area (Å²) >= 11 is 0. The summed E-state index contributed by atoms with van der Waals surface area (Å²) < 4.78 is 5.00. The average molecular weight is 214 g/mol. The summed E-state index contributed by atoms with van der Waals surface area (Å²) in [5, 5.41) is 9.02. The van der Waals surface area contributed by atoms with Crippen LogP contribution in [0.3, 0.4) is 0 Å². The fraction of sp³-hybridized carbons (Fsp3) is 0. The summed E-state index contributed by atoms with van der Waals surface area (Å²) in [5.74, 6) is -1.58. The van der Waals surface area contributed by atoms with Crippen LogP contribution in [0.15, 0.2) is 39.5 Å². The van der Waals surface area contributed by atoms with Gasteiger partial charge in [0.1, 0.15) is 5.58 Å². The average Bonchev–Trinajstić information content (AvgIpc) is 2.17. The molecule has 0 saturated carbocycles. The van der Waals surface area contributed by atoms with Gasteiger partial charge < -0.3 is 9.52 Å². The van der Waals surface area contributed by atoms with Crippen LogP contribution in [0, 0.1) is 0 Å². The van der Waals surface area contributed by atoms with Crippen LogP contribution in [-0.2, 0) is 0 Å². The third kappa shape index (κ3) is 2.28. The van der Waals surface area contributed by atoms with Crippen LogP contribution in [0.2, 0.25) is 0 Å². The summed E-state index contributed by atoms with van der Waals surface area (Å²) in [6.45, 7) is 0. The van der Waals surface area contributed by atoms with Crippen molar-refractivity contribution in [2.24, 2.45) is 0 Å². The van der Waals surface area contributed by atoms with E-state index in [-0.39, 0.29) is 46.3 Å². The molecule has 1 N–H and O–H groups in total. The number of carboxylic acids is 1. The van der Waals surface area contributed by atoms with Crippen LogP contribution in [0.1, 0.15) is 10.6 Å². The third-order valence-electron chi connectivity index (χ3n) is 1.85. The molecule has 0 fully saturated rings. The number of benzene rings is 1. The van der Waals surface area contributed by atoms with Crippen molar-refractivity contribution < 1.29 is 14.3 Å². The monoisotopic (exact) mass is 214 g/mol. The Morgan fingerprint density at radius 3 is 2.60 bits per heavy atom. The molecule has 15 heavy (non-hydrogen) atoms. The normalized spacial score (nSPS) is 9.60. The molecule has 0 atom stereocenters. The molecule has 0 saturated heterocycles. The van der Waals surface area contributed by atoms with Gasteiger partial charge in [-0.3, -0.25) is 4.79 Å². The van der Waals surface area contributed by atoms with Gasteiger partial charge in [0.2, 0.25) is 5.76 Å². The second-order valence-electron chi connectivity index (χ2n) is 2.78.